The van der Waals surface area contributed by atoms with Crippen molar-refractivity contribution in [3.8, 4) is 0 Å². The predicted octanol–water partition coefficient (Wildman–Crippen LogP) is 1.25. The predicted molar refractivity (Wildman–Crippen MR) is 50.5 cm³/mol. The Labute approximate surface area is 78.1 Å². The Bertz CT molecular complexity index is 312. The molecule has 0 atom stereocenters. The van der Waals surface area contributed by atoms with Gasteiger partial charge in [-0.25, -0.2) is 0 Å². The molecule has 1 aromatic heterocycles. The lowest BCUT2D eigenvalue weighted by Crippen LogP contribution is -2.29. The fraction of sp³-hybridized carbons (Fsp3) is 0.700. The summed E-state index contributed by atoms with van der Waals surface area (Å²) in [6.45, 7) is 3.13. The maximum Gasteiger partial charge on any atom is 0.0557 e. The zero-order valence-corrected chi connectivity index (χ0v) is 7.79. The molecule has 0 bridgehead atoms. The minimum absolute atomic E-state index is 0.823. The van der Waals surface area contributed by atoms with Crippen molar-refractivity contribution in [1.29, 1.82) is 0 Å². The van der Waals surface area contributed by atoms with E-state index in [2.05, 4.69) is 21.3 Å². The van der Waals surface area contributed by atoms with Crippen LogP contribution in [0.5, 0.6) is 0 Å². The van der Waals surface area contributed by atoms with Gasteiger partial charge in [-0.05, 0) is 24.3 Å². The molecular weight excluding hydrogens is 162 g/mol. The van der Waals surface area contributed by atoms with E-state index >= 15 is 0 Å². The van der Waals surface area contributed by atoms with Gasteiger partial charge >= 0.3 is 0 Å². The van der Waals surface area contributed by atoms with Crippen LogP contribution in [0.3, 0.4) is 0 Å². The molecule has 1 N–H and O–H groups in total. The van der Waals surface area contributed by atoms with E-state index in [-0.39, 0.29) is 0 Å². The van der Waals surface area contributed by atoms with Gasteiger partial charge in [0.25, 0.3) is 0 Å². The molecule has 2 heterocycles. The summed E-state index contributed by atoms with van der Waals surface area (Å²) in [4.78, 5) is 0. The molecule has 0 spiro atoms. The first-order valence-electron chi connectivity index (χ1n) is 5.20. The highest BCUT2D eigenvalue weighted by molar-refractivity contribution is 5.25. The topological polar surface area (TPSA) is 29.9 Å². The molecule has 0 saturated heterocycles. The summed E-state index contributed by atoms with van der Waals surface area (Å²) < 4.78 is 2.17. The Morgan fingerprint density at radius 3 is 3.15 bits per heavy atom. The highest BCUT2D eigenvalue weighted by Gasteiger charge is 2.25. The van der Waals surface area contributed by atoms with Crippen molar-refractivity contribution in [3.05, 3.63) is 17.5 Å². The summed E-state index contributed by atoms with van der Waals surface area (Å²) in [6, 6.07) is 0. The fourth-order valence-electron chi connectivity index (χ4n) is 2.26. The first-order valence-corrected chi connectivity index (χ1v) is 5.20. The lowest BCUT2D eigenvalue weighted by Gasteiger charge is -2.27. The van der Waals surface area contributed by atoms with Crippen molar-refractivity contribution in [2.45, 2.75) is 38.3 Å². The second kappa shape index (κ2) is 2.84. The number of rotatable bonds is 1. The molecule has 1 saturated carbocycles. The summed E-state index contributed by atoms with van der Waals surface area (Å²) in [5.41, 5.74) is 2.95. The SMILES string of the molecule is c1nn2c(c1C1CCC1)CNCC2. The number of hydrogen-bond donors (Lipinski definition) is 1. The van der Waals surface area contributed by atoms with Crippen molar-refractivity contribution in [2.75, 3.05) is 6.54 Å². The summed E-state index contributed by atoms with van der Waals surface area (Å²) in [5.74, 6) is 0.823. The van der Waals surface area contributed by atoms with Crippen molar-refractivity contribution in [3.63, 3.8) is 0 Å². The van der Waals surface area contributed by atoms with Gasteiger partial charge in [-0.1, -0.05) is 6.42 Å². The summed E-state index contributed by atoms with van der Waals surface area (Å²) in [7, 11) is 0. The van der Waals surface area contributed by atoms with Crippen LogP contribution in [-0.2, 0) is 13.1 Å². The molecular formula is C10H15N3. The molecule has 70 valence electrons. The molecule has 3 rings (SSSR count). The standard InChI is InChI=1S/C10H15N3/c1-2-8(3-1)9-6-12-13-5-4-11-7-10(9)13/h6,8,11H,1-5,7H2. The smallest absolute Gasteiger partial charge is 0.0557 e. The highest BCUT2D eigenvalue weighted by atomic mass is 15.3. The van der Waals surface area contributed by atoms with E-state index in [0.29, 0.717) is 0 Å². The summed E-state index contributed by atoms with van der Waals surface area (Å²) in [6.07, 6.45) is 6.24. The number of hydrogen-bond acceptors (Lipinski definition) is 2. The van der Waals surface area contributed by atoms with Gasteiger partial charge in [-0.3, -0.25) is 4.68 Å². The lowest BCUT2D eigenvalue weighted by molar-refractivity contribution is 0.408. The van der Waals surface area contributed by atoms with Crippen molar-refractivity contribution >= 4 is 0 Å². The second-order valence-electron chi connectivity index (χ2n) is 4.07. The van der Waals surface area contributed by atoms with Gasteiger partial charge in [0.2, 0.25) is 0 Å². The monoisotopic (exact) mass is 177 g/mol. The number of fused-ring (bicyclic) bond motifs is 1. The van der Waals surface area contributed by atoms with Crippen LogP contribution >= 0.6 is 0 Å². The van der Waals surface area contributed by atoms with E-state index < -0.39 is 0 Å². The first-order chi connectivity index (χ1) is 6.45. The largest absolute Gasteiger partial charge is 0.309 e. The van der Waals surface area contributed by atoms with Gasteiger partial charge in [0.1, 0.15) is 0 Å². The van der Waals surface area contributed by atoms with Gasteiger partial charge in [-0.15, -0.1) is 0 Å². The molecule has 1 fully saturated rings. The number of aromatic nitrogens is 2. The Kier molecular flexibility index (Phi) is 1.65. The van der Waals surface area contributed by atoms with Crippen LogP contribution in [0.15, 0.2) is 6.20 Å². The van der Waals surface area contributed by atoms with Crippen molar-refractivity contribution in [1.82, 2.24) is 15.1 Å². The van der Waals surface area contributed by atoms with E-state index in [0.717, 1.165) is 25.6 Å². The molecule has 2 aliphatic rings. The average molecular weight is 177 g/mol. The molecule has 0 unspecified atom stereocenters. The molecule has 0 radical (unpaired) electrons. The summed E-state index contributed by atoms with van der Waals surface area (Å²) in [5, 5.41) is 7.85. The molecule has 13 heavy (non-hydrogen) atoms. The second-order valence-corrected chi connectivity index (χ2v) is 4.07. The van der Waals surface area contributed by atoms with Gasteiger partial charge in [0, 0.05) is 13.1 Å². The molecule has 1 aliphatic carbocycles. The molecule has 3 heteroatoms. The van der Waals surface area contributed by atoms with Gasteiger partial charge in [0.15, 0.2) is 0 Å². The van der Waals surface area contributed by atoms with Crippen LogP contribution in [0, 0.1) is 0 Å². The Morgan fingerprint density at radius 1 is 1.46 bits per heavy atom. The van der Waals surface area contributed by atoms with Crippen LogP contribution in [0.1, 0.15) is 36.4 Å². The number of nitrogens with zero attached hydrogens (tertiary/aromatic N) is 2. The van der Waals surface area contributed by atoms with Crippen LogP contribution in [0.25, 0.3) is 0 Å². The van der Waals surface area contributed by atoms with Gasteiger partial charge in [-0.2, -0.15) is 5.10 Å². The first kappa shape index (κ1) is 7.56. The zero-order chi connectivity index (χ0) is 8.67. The normalized spacial score (nSPS) is 22.5. The molecule has 0 aromatic carbocycles. The van der Waals surface area contributed by atoms with E-state index in [1.165, 1.54) is 30.5 Å². The fourth-order valence-corrected chi connectivity index (χ4v) is 2.26. The van der Waals surface area contributed by atoms with E-state index in [1.807, 2.05) is 0 Å². The third kappa shape index (κ3) is 1.10. The van der Waals surface area contributed by atoms with Crippen LogP contribution in [0.4, 0.5) is 0 Å². The van der Waals surface area contributed by atoms with Crippen LogP contribution in [0.2, 0.25) is 0 Å². The average Bonchev–Trinajstić information content (AvgIpc) is 2.47. The Hall–Kier alpha value is -0.830. The molecule has 0 amide bonds. The van der Waals surface area contributed by atoms with Crippen LogP contribution in [-0.4, -0.2) is 16.3 Å². The Balaban J connectivity index is 1.95. The van der Waals surface area contributed by atoms with Crippen molar-refractivity contribution in [2.24, 2.45) is 0 Å². The zero-order valence-electron chi connectivity index (χ0n) is 7.79. The third-order valence-corrected chi connectivity index (χ3v) is 3.32. The van der Waals surface area contributed by atoms with E-state index in [4.69, 9.17) is 0 Å². The van der Waals surface area contributed by atoms with Crippen molar-refractivity contribution < 1.29 is 0 Å². The molecule has 1 aromatic rings. The minimum atomic E-state index is 0.823. The lowest BCUT2D eigenvalue weighted by atomic mass is 9.80. The van der Waals surface area contributed by atoms with E-state index in [9.17, 15) is 0 Å². The number of nitrogens with one attached hydrogen (secondary N) is 1. The van der Waals surface area contributed by atoms with Crippen LogP contribution < -0.4 is 5.32 Å². The third-order valence-electron chi connectivity index (χ3n) is 3.32. The van der Waals surface area contributed by atoms with Gasteiger partial charge in [0.05, 0.1) is 18.4 Å². The maximum absolute atomic E-state index is 4.44. The highest BCUT2D eigenvalue weighted by Crippen LogP contribution is 2.38. The summed E-state index contributed by atoms with van der Waals surface area (Å²) >= 11 is 0. The van der Waals surface area contributed by atoms with E-state index in [1.54, 1.807) is 0 Å². The molecule has 3 nitrogen and oxygen atoms in total. The maximum atomic E-state index is 4.44. The van der Waals surface area contributed by atoms with Gasteiger partial charge < -0.3 is 5.32 Å². The molecule has 1 aliphatic heterocycles. The Morgan fingerprint density at radius 2 is 2.38 bits per heavy atom. The minimum Gasteiger partial charge on any atom is -0.309 e. The quantitative estimate of drug-likeness (QED) is 0.699.